The topological polar surface area (TPSA) is 118 Å². The maximum Gasteiger partial charge on any atom is 0.186 e. The number of aliphatic hydroxyl groups excluding tert-OH is 4. The summed E-state index contributed by atoms with van der Waals surface area (Å²) in [4.78, 5) is 0. The van der Waals surface area contributed by atoms with Crippen LogP contribution in [0.2, 0.25) is 0 Å². The van der Waals surface area contributed by atoms with Crippen LogP contribution in [-0.2, 0) is 18.9 Å². The van der Waals surface area contributed by atoms with Crippen molar-refractivity contribution in [1.29, 1.82) is 0 Å². The van der Waals surface area contributed by atoms with Crippen LogP contribution in [0.5, 0.6) is 0 Å². The molecule has 7 fully saturated rings. The minimum absolute atomic E-state index is 0.0607. The molecule has 0 unspecified atom stereocenters. The van der Waals surface area contributed by atoms with Crippen LogP contribution in [-0.4, -0.2) is 82.3 Å². The third kappa shape index (κ3) is 4.36. The minimum Gasteiger partial charge on any atom is -0.394 e. The van der Waals surface area contributed by atoms with Gasteiger partial charge in [0.15, 0.2) is 12.1 Å². The fourth-order valence-corrected chi connectivity index (χ4v) is 11.7. The molecule has 3 saturated heterocycles. The van der Waals surface area contributed by atoms with Gasteiger partial charge in [-0.05, 0) is 104 Å². The molecule has 0 amide bonds. The quantitative estimate of drug-likeness (QED) is 0.375. The Kier molecular flexibility index (Phi) is 7.43. The van der Waals surface area contributed by atoms with Gasteiger partial charge < -0.3 is 39.4 Å². The van der Waals surface area contributed by atoms with E-state index in [1.54, 1.807) is 0 Å². The zero-order valence-corrected chi connectivity index (χ0v) is 25.5. The van der Waals surface area contributed by atoms with Crippen LogP contribution in [0.4, 0.5) is 0 Å². The summed E-state index contributed by atoms with van der Waals surface area (Å²) in [6.45, 7) is 10.3. The first kappa shape index (κ1) is 29.4. The van der Waals surface area contributed by atoms with E-state index in [-0.39, 0.29) is 17.3 Å². The normalized spacial score (nSPS) is 60.3. The van der Waals surface area contributed by atoms with Gasteiger partial charge in [-0.2, -0.15) is 0 Å². The highest BCUT2D eigenvalue weighted by molar-refractivity contribution is 5.15. The van der Waals surface area contributed by atoms with E-state index in [0.717, 1.165) is 50.0 Å². The summed E-state index contributed by atoms with van der Waals surface area (Å²) in [6.07, 6.45) is 5.64. The Morgan fingerprint density at radius 2 is 1.61 bits per heavy atom. The van der Waals surface area contributed by atoms with Crippen molar-refractivity contribution in [1.82, 2.24) is 0 Å². The van der Waals surface area contributed by atoms with E-state index >= 15 is 0 Å². The zero-order valence-electron chi connectivity index (χ0n) is 25.5. The fraction of sp³-hybridized carbons (Fsp3) is 1.00. The van der Waals surface area contributed by atoms with Crippen molar-refractivity contribution >= 4 is 0 Å². The predicted molar refractivity (Wildman–Crippen MR) is 150 cm³/mol. The van der Waals surface area contributed by atoms with Crippen molar-refractivity contribution in [2.45, 2.75) is 141 Å². The summed E-state index contributed by atoms with van der Waals surface area (Å²) in [7, 11) is 0. The second kappa shape index (κ2) is 10.4. The molecule has 1 spiro atoms. The summed E-state index contributed by atoms with van der Waals surface area (Å²) in [5.74, 6) is 4.08. The highest BCUT2D eigenvalue weighted by Crippen LogP contribution is 2.71. The predicted octanol–water partition coefficient (Wildman–Crippen LogP) is 3.62. The van der Waals surface area contributed by atoms with Gasteiger partial charge in [-0.15, -0.1) is 0 Å². The molecule has 3 aliphatic heterocycles. The van der Waals surface area contributed by atoms with Crippen LogP contribution in [0, 0.1) is 52.3 Å². The molecule has 4 aliphatic carbocycles. The van der Waals surface area contributed by atoms with Gasteiger partial charge in [-0.25, -0.2) is 0 Å². The lowest BCUT2D eigenvalue weighted by molar-refractivity contribution is -0.316. The standard InChI is InChI=1S/C33H54O8/c1-17-7-12-33(38-16-17)18(2)26-24(41-33)14-23-21-6-5-19-13-20(8-10-31(19,3)22(21)9-11-32(23,26)4)39-30-29(37)28(36)27(35)25(15-34)40-30/h17-30,34-37H,5-16H2,1-4H3/t17-,18-,19+,20+,21-,22+,23+,24+,25-,26+,27-,28+,29-,30-,31+,32+,33-/m1/s1. The monoisotopic (exact) mass is 578 g/mol. The lowest BCUT2D eigenvalue weighted by Gasteiger charge is -2.61. The summed E-state index contributed by atoms with van der Waals surface area (Å²) in [5, 5.41) is 40.4. The van der Waals surface area contributed by atoms with Crippen molar-refractivity contribution in [3.63, 3.8) is 0 Å². The Morgan fingerprint density at radius 3 is 2.34 bits per heavy atom. The molecule has 0 aromatic heterocycles. The largest absolute Gasteiger partial charge is 0.394 e. The first-order valence-electron chi connectivity index (χ1n) is 16.8. The van der Waals surface area contributed by atoms with E-state index in [9.17, 15) is 20.4 Å². The lowest BCUT2D eigenvalue weighted by atomic mass is 9.44. The average Bonchev–Trinajstić information content (AvgIpc) is 3.40. The molecule has 0 radical (unpaired) electrons. The molecule has 8 heteroatoms. The number of hydrogen-bond acceptors (Lipinski definition) is 8. The molecule has 17 atom stereocenters. The van der Waals surface area contributed by atoms with E-state index in [0.29, 0.717) is 35.2 Å². The Hall–Kier alpha value is -0.320. The third-order valence-electron chi connectivity index (χ3n) is 14.1. The van der Waals surface area contributed by atoms with Crippen LogP contribution in [0.15, 0.2) is 0 Å². The minimum atomic E-state index is -1.40. The Labute approximate surface area is 245 Å². The molecule has 7 rings (SSSR count). The van der Waals surface area contributed by atoms with Gasteiger partial charge in [0.05, 0.1) is 25.4 Å². The van der Waals surface area contributed by atoms with Gasteiger partial charge in [0, 0.05) is 12.3 Å². The van der Waals surface area contributed by atoms with Gasteiger partial charge in [-0.3, -0.25) is 0 Å². The molecule has 0 aromatic rings. The van der Waals surface area contributed by atoms with Crippen LogP contribution < -0.4 is 0 Å². The van der Waals surface area contributed by atoms with Crippen LogP contribution in [0.25, 0.3) is 0 Å². The number of rotatable bonds is 3. The van der Waals surface area contributed by atoms with Gasteiger partial charge in [0.1, 0.15) is 24.4 Å². The Morgan fingerprint density at radius 1 is 0.829 bits per heavy atom. The highest BCUT2D eigenvalue weighted by Gasteiger charge is 2.69. The molecule has 234 valence electrons. The lowest BCUT2D eigenvalue weighted by Crippen LogP contribution is -2.60. The van der Waals surface area contributed by atoms with Crippen LogP contribution >= 0.6 is 0 Å². The highest BCUT2D eigenvalue weighted by atomic mass is 16.7. The SMILES string of the molecule is C[C@@H]1CC[C@@]2(OC1)O[C@H]1C[C@H]3[C@@H]4CC[C@H]5C[C@@H](O[C@@H]6O[C@H](CO)[C@@H](O)[C@H](O)[C@H]6O)CC[C@]5(C)[C@H]4CC[C@]3(C)[C@H]1[C@H]2C. The van der Waals surface area contributed by atoms with Crippen molar-refractivity contribution in [3.8, 4) is 0 Å². The molecular formula is C33H54O8. The number of fused-ring (bicyclic) bond motifs is 7. The summed E-state index contributed by atoms with van der Waals surface area (Å²) in [6, 6.07) is 0. The summed E-state index contributed by atoms with van der Waals surface area (Å²) >= 11 is 0. The van der Waals surface area contributed by atoms with E-state index < -0.39 is 37.3 Å². The van der Waals surface area contributed by atoms with Crippen molar-refractivity contribution in [3.05, 3.63) is 0 Å². The molecule has 3 heterocycles. The van der Waals surface area contributed by atoms with Gasteiger partial charge >= 0.3 is 0 Å². The van der Waals surface area contributed by atoms with Gasteiger partial charge in [0.2, 0.25) is 0 Å². The Bertz CT molecular complexity index is 967. The summed E-state index contributed by atoms with van der Waals surface area (Å²) < 4.78 is 25.4. The molecule has 41 heavy (non-hydrogen) atoms. The average molecular weight is 579 g/mol. The maximum atomic E-state index is 10.5. The van der Waals surface area contributed by atoms with Gasteiger partial charge in [0.25, 0.3) is 0 Å². The Balaban J connectivity index is 1.03. The molecule has 8 nitrogen and oxygen atoms in total. The fourth-order valence-electron chi connectivity index (χ4n) is 11.7. The molecular weight excluding hydrogens is 524 g/mol. The number of ether oxygens (including phenoxy) is 4. The molecule has 0 aromatic carbocycles. The maximum absolute atomic E-state index is 10.5. The molecule has 0 bridgehead atoms. The zero-order chi connectivity index (χ0) is 28.9. The second-order valence-electron chi connectivity index (χ2n) is 15.9. The molecule has 4 N–H and O–H groups in total. The number of hydrogen-bond donors (Lipinski definition) is 4. The van der Waals surface area contributed by atoms with Crippen molar-refractivity contribution in [2.24, 2.45) is 52.3 Å². The smallest absolute Gasteiger partial charge is 0.186 e. The number of aliphatic hydroxyl groups is 4. The van der Waals surface area contributed by atoms with E-state index in [2.05, 4.69) is 27.7 Å². The van der Waals surface area contributed by atoms with E-state index in [1.807, 2.05) is 0 Å². The third-order valence-corrected chi connectivity index (χ3v) is 14.1. The van der Waals surface area contributed by atoms with Crippen molar-refractivity contribution in [2.75, 3.05) is 13.2 Å². The first-order valence-corrected chi connectivity index (χ1v) is 16.8. The second-order valence-corrected chi connectivity index (χ2v) is 15.9. The van der Waals surface area contributed by atoms with Crippen LogP contribution in [0.3, 0.4) is 0 Å². The van der Waals surface area contributed by atoms with Crippen LogP contribution in [0.1, 0.15) is 91.9 Å². The van der Waals surface area contributed by atoms with Gasteiger partial charge in [-0.1, -0.05) is 27.7 Å². The van der Waals surface area contributed by atoms with E-state index in [4.69, 9.17) is 18.9 Å². The molecule has 7 aliphatic rings. The summed E-state index contributed by atoms with van der Waals surface area (Å²) in [5.41, 5.74) is 0.612. The van der Waals surface area contributed by atoms with E-state index in [1.165, 1.54) is 38.5 Å². The first-order chi connectivity index (χ1) is 19.5. The van der Waals surface area contributed by atoms with Crippen molar-refractivity contribution < 1.29 is 39.4 Å². The molecule has 4 saturated carbocycles.